The molecule has 0 aliphatic carbocycles. The van der Waals surface area contributed by atoms with Crippen molar-refractivity contribution in [3.8, 4) is 0 Å². The SMILES string of the molecule is CCc1ccccc1NC(=O)N1CCSC1c1ccc(F)cc1. The van der Waals surface area contributed by atoms with Gasteiger partial charge >= 0.3 is 6.03 Å². The molecule has 1 aliphatic heterocycles. The number of carbonyl (C=O) groups excluding carboxylic acids is 1. The molecule has 5 heteroatoms. The van der Waals surface area contributed by atoms with Gasteiger partial charge in [-0.2, -0.15) is 0 Å². The van der Waals surface area contributed by atoms with Gasteiger partial charge in [-0.15, -0.1) is 11.8 Å². The van der Waals surface area contributed by atoms with Crippen LogP contribution in [0.1, 0.15) is 23.4 Å². The maximum atomic E-state index is 13.1. The van der Waals surface area contributed by atoms with E-state index in [1.165, 1.54) is 12.1 Å². The zero-order valence-corrected chi connectivity index (χ0v) is 13.8. The molecule has 0 radical (unpaired) electrons. The number of nitrogens with one attached hydrogen (secondary N) is 1. The number of urea groups is 1. The predicted molar refractivity (Wildman–Crippen MR) is 93.1 cm³/mol. The zero-order valence-electron chi connectivity index (χ0n) is 13.0. The van der Waals surface area contributed by atoms with Gasteiger partial charge in [0.25, 0.3) is 0 Å². The molecule has 1 heterocycles. The van der Waals surface area contributed by atoms with Gasteiger partial charge < -0.3 is 10.2 Å². The smallest absolute Gasteiger partial charge is 0.308 e. The van der Waals surface area contributed by atoms with Crippen molar-refractivity contribution in [3.63, 3.8) is 0 Å². The summed E-state index contributed by atoms with van der Waals surface area (Å²) in [5.41, 5.74) is 2.92. The van der Waals surface area contributed by atoms with Gasteiger partial charge in [-0.05, 0) is 35.7 Å². The molecule has 120 valence electrons. The van der Waals surface area contributed by atoms with E-state index < -0.39 is 0 Å². The van der Waals surface area contributed by atoms with Crippen LogP contribution in [0.4, 0.5) is 14.9 Å². The molecule has 0 spiro atoms. The Hall–Kier alpha value is -2.01. The molecule has 2 aromatic rings. The van der Waals surface area contributed by atoms with E-state index in [-0.39, 0.29) is 17.2 Å². The lowest BCUT2D eigenvalue weighted by molar-refractivity contribution is 0.214. The first-order valence-electron chi connectivity index (χ1n) is 7.71. The van der Waals surface area contributed by atoms with Crippen molar-refractivity contribution < 1.29 is 9.18 Å². The number of para-hydroxylation sites is 1. The van der Waals surface area contributed by atoms with Crippen LogP contribution in [-0.2, 0) is 6.42 Å². The number of hydrogen-bond donors (Lipinski definition) is 1. The minimum Gasteiger partial charge on any atom is -0.308 e. The summed E-state index contributed by atoms with van der Waals surface area (Å²) >= 11 is 1.70. The van der Waals surface area contributed by atoms with E-state index in [0.717, 1.165) is 29.0 Å². The molecular formula is C18H19FN2OS. The van der Waals surface area contributed by atoms with Crippen molar-refractivity contribution in [2.45, 2.75) is 18.7 Å². The standard InChI is InChI=1S/C18H19FN2OS/c1-2-13-5-3-4-6-16(13)20-18(22)21-11-12-23-17(21)14-7-9-15(19)10-8-14/h3-10,17H,2,11-12H2,1H3,(H,20,22). The Morgan fingerprint density at radius 2 is 2.00 bits per heavy atom. The van der Waals surface area contributed by atoms with E-state index in [1.54, 1.807) is 23.9 Å². The molecule has 0 bridgehead atoms. The van der Waals surface area contributed by atoms with Crippen LogP contribution >= 0.6 is 11.8 Å². The Labute approximate surface area is 139 Å². The van der Waals surface area contributed by atoms with Gasteiger partial charge in [-0.1, -0.05) is 37.3 Å². The summed E-state index contributed by atoms with van der Waals surface area (Å²) in [4.78, 5) is 14.5. The number of hydrogen-bond acceptors (Lipinski definition) is 2. The Morgan fingerprint density at radius 3 is 2.74 bits per heavy atom. The highest BCUT2D eigenvalue weighted by atomic mass is 32.2. The molecule has 0 aromatic heterocycles. The molecule has 3 rings (SSSR count). The number of anilines is 1. The topological polar surface area (TPSA) is 32.3 Å². The fourth-order valence-corrected chi connectivity index (χ4v) is 3.98. The fraction of sp³-hybridized carbons (Fsp3) is 0.278. The van der Waals surface area contributed by atoms with E-state index in [0.29, 0.717) is 6.54 Å². The summed E-state index contributed by atoms with van der Waals surface area (Å²) in [5, 5.41) is 2.95. The quantitative estimate of drug-likeness (QED) is 0.887. The third-order valence-electron chi connectivity index (χ3n) is 3.95. The maximum absolute atomic E-state index is 13.1. The third-order valence-corrected chi connectivity index (χ3v) is 5.21. The van der Waals surface area contributed by atoms with Gasteiger partial charge in [-0.25, -0.2) is 9.18 Å². The Morgan fingerprint density at radius 1 is 1.26 bits per heavy atom. The number of aryl methyl sites for hydroxylation is 1. The summed E-state index contributed by atoms with van der Waals surface area (Å²) in [6, 6.07) is 14.1. The van der Waals surface area contributed by atoms with Crippen LogP contribution in [0, 0.1) is 5.82 Å². The number of carbonyl (C=O) groups is 1. The van der Waals surface area contributed by atoms with E-state index in [4.69, 9.17) is 0 Å². The second-order valence-corrected chi connectivity index (χ2v) is 6.60. The van der Waals surface area contributed by atoms with Crippen LogP contribution in [0.25, 0.3) is 0 Å². The molecule has 1 aliphatic rings. The fourth-order valence-electron chi connectivity index (χ4n) is 2.72. The van der Waals surface area contributed by atoms with Crippen LogP contribution in [0.15, 0.2) is 48.5 Å². The van der Waals surface area contributed by atoms with Crippen molar-refractivity contribution in [1.82, 2.24) is 4.90 Å². The summed E-state index contributed by atoms with van der Waals surface area (Å²) in [6.45, 7) is 2.75. The first-order chi connectivity index (χ1) is 11.2. The van der Waals surface area contributed by atoms with Gasteiger partial charge in [0, 0.05) is 18.0 Å². The first-order valence-corrected chi connectivity index (χ1v) is 8.76. The molecule has 0 saturated carbocycles. The Balaban J connectivity index is 1.77. The minimum absolute atomic E-state index is 0.0654. The van der Waals surface area contributed by atoms with Crippen molar-refractivity contribution in [3.05, 3.63) is 65.5 Å². The molecule has 1 fully saturated rings. The lowest BCUT2D eigenvalue weighted by Crippen LogP contribution is -2.34. The number of thioether (sulfide) groups is 1. The lowest BCUT2D eigenvalue weighted by atomic mass is 10.1. The number of rotatable bonds is 3. The molecule has 1 unspecified atom stereocenters. The van der Waals surface area contributed by atoms with E-state index >= 15 is 0 Å². The number of halogens is 1. The average molecular weight is 330 g/mol. The minimum atomic E-state index is -0.260. The van der Waals surface area contributed by atoms with Crippen LogP contribution in [0.3, 0.4) is 0 Å². The number of nitrogens with zero attached hydrogens (tertiary/aromatic N) is 1. The highest BCUT2D eigenvalue weighted by Gasteiger charge is 2.30. The second-order valence-electron chi connectivity index (χ2n) is 5.41. The maximum Gasteiger partial charge on any atom is 0.323 e. The van der Waals surface area contributed by atoms with Crippen molar-refractivity contribution in [1.29, 1.82) is 0 Å². The molecule has 2 amide bonds. The molecule has 1 N–H and O–H groups in total. The monoisotopic (exact) mass is 330 g/mol. The van der Waals surface area contributed by atoms with E-state index in [2.05, 4.69) is 12.2 Å². The molecule has 1 saturated heterocycles. The van der Waals surface area contributed by atoms with Crippen molar-refractivity contribution >= 4 is 23.5 Å². The summed E-state index contributed by atoms with van der Waals surface area (Å²) in [6.07, 6.45) is 0.868. The zero-order chi connectivity index (χ0) is 16.2. The molecule has 3 nitrogen and oxygen atoms in total. The molecule has 1 atom stereocenters. The van der Waals surface area contributed by atoms with Crippen molar-refractivity contribution in [2.24, 2.45) is 0 Å². The Kier molecular flexibility index (Phi) is 4.86. The lowest BCUT2D eigenvalue weighted by Gasteiger charge is -2.25. The first kappa shape index (κ1) is 15.9. The van der Waals surface area contributed by atoms with Gasteiger partial charge in [0.2, 0.25) is 0 Å². The van der Waals surface area contributed by atoms with Gasteiger partial charge in [-0.3, -0.25) is 0 Å². The van der Waals surface area contributed by atoms with Crippen LogP contribution in [0.2, 0.25) is 0 Å². The van der Waals surface area contributed by atoms with Gasteiger partial charge in [0.05, 0.1) is 0 Å². The highest BCUT2D eigenvalue weighted by molar-refractivity contribution is 7.99. The van der Waals surface area contributed by atoms with Crippen LogP contribution < -0.4 is 5.32 Å². The van der Waals surface area contributed by atoms with E-state index in [1.807, 2.05) is 29.2 Å². The highest BCUT2D eigenvalue weighted by Crippen LogP contribution is 2.38. The second kappa shape index (κ2) is 7.04. The molecular weight excluding hydrogens is 311 g/mol. The Bertz CT molecular complexity index is 690. The normalized spacial score (nSPS) is 17.3. The third kappa shape index (κ3) is 3.50. The summed E-state index contributed by atoms with van der Waals surface area (Å²) in [7, 11) is 0. The average Bonchev–Trinajstić information content (AvgIpc) is 3.06. The van der Waals surface area contributed by atoms with E-state index in [9.17, 15) is 9.18 Å². The summed E-state index contributed by atoms with van der Waals surface area (Å²) < 4.78 is 13.1. The van der Waals surface area contributed by atoms with Gasteiger partial charge in [0.1, 0.15) is 11.2 Å². The van der Waals surface area contributed by atoms with Crippen molar-refractivity contribution in [2.75, 3.05) is 17.6 Å². The van der Waals surface area contributed by atoms with Crippen LogP contribution in [0.5, 0.6) is 0 Å². The predicted octanol–water partition coefficient (Wildman–Crippen LogP) is 4.67. The molecule has 23 heavy (non-hydrogen) atoms. The number of benzene rings is 2. The van der Waals surface area contributed by atoms with Crippen LogP contribution in [-0.4, -0.2) is 23.2 Å². The van der Waals surface area contributed by atoms with Gasteiger partial charge in [0.15, 0.2) is 0 Å². The summed E-state index contributed by atoms with van der Waals surface area (Å²) in [5.74, 6) is 0.620. The number of amides is 2. The molecule has 2 aromatic carbocycles. The largest absolute Gasteiger partial charge is 0.323 e.